The van der Waals surface area contributed by atoms with Crippen molar-refractivity contribution < 1.29 is 4.39 Å². The number of nitrogens with zero attached hydrogens (tertiary/aromatic N) is 1. The van der Waals surface area contributed by atoms with E-state index < -0.39 is 0 Å². The molecule has 4 N–H and O–H groups in total. The first kappa shape index (κ1) is 11.5. The second-order valence-electron chi connectivity index (χ2n) is 3.35. The highest BCUT2D eigenvalue weighted by Gasteiger charge is 1.96. The van der Waals surface area contributed by atoms with Gasteiger partial charge in [-0.3, -0.25) is 4.39 Å². The van der Waals surface area contributed by atoms with Crippen LogP contribution in [0.25, 0.3) is 0 Å². The molecule has 0 aliphatic carbocycles. The summed E-state index contributed by atoms with van der Waals surface area (Å²) in [6.45, 7) is 0.198. The number of rotatable bonds is 5. The van der Waals surface area contributed by atoms with Crippen molar-refractivity contribution in [3.8, 4) is 0 Å². The van der Waals surface area contributed by atoms with Crippen LogP contribution in [0.3, 0.4) is 0 Å². The van der Waals surface area contributed by atoms with Crippen LogP contribution >= 0.6 is 0 Å². The number of guanidine groups is 1. The minimum absolute atomic E-state index is 0.0872. The largest absolute Gasteiger partial charge is 0.370 e. The summed E-state index contributed by atoms with van der Waals surface area (Å²) in [5.74, 6) is 0.0872. The number of benzene rings is 1. The molecule has 82 valence electrons. The van der Waals surface area contributed by atoms with Gasteiger partial charge in [-0.15, -0.1) is 0 Å². The molecule has 0 unspecified atom stereocenters. The maximum atomic E-state index is 12.0. The molecule has 0 radical (unpaired) electrons. The highest BCUT2D eigenvalue weighted by Crippen LogP contribution is 2.08. The number of aliphatic imine (C=N–C) groups is 1. The SMILES string of the molecule is NC(N)=NCc1cccc(CCCF)c1. The van der Waals surface area contributed by atoms with Crippen molar-refractivity contribution in [2.24, 2.45) is 16.5 Å². The van der Waals surface area contributed by atoms with Gasteiger partial charge in [0.25, 0.3) is 0 Å². The molecule has 0 aromatic heterocycles. The summed E-state index contributed by atoms with van der Waals surface area (Å²) in [6.07, 6.45) is 1.32. The quantitative estimate of drug-likeness (QED) is 0.568. The van der Waals surface area contributed by atoms with E-state index in [0.29, 0.717) is 13.0 Å². The van der Waals surface area contributed by atoms with E-state index >= 15 is 0 Å². The standard InChI is InChI=1S/C11H16FN3/c12-6-2-5-9-3-1-4-10(7-9)8-15-11(13)14/h1,3-4,7H,2,5-6,8H2,(H4,13,14,15). The first-order chi connectivity index (χ1) is 7.22. The fourth-order valence-electron chi connectivity index (χ4n) is 1.34. The Balaban J connectivity index is 2.61. The third kappa shape index (κ3) is 4.44. The maximum Gasteiger partial charge on any atom is 0.186 e. The summed E-state index contributed by atoms with van der Waals surface area (Å²) < 4.78 is 12.0. The molecule has 0 aliphatic rings. The molecule has 0 amide bonds. The Hall–Kier alpha value is -1.58. The van der Waals surface area contributed by atoms with Crippen LogP contribution in [-0.4, -0.2) is 12.6 Å². The number of nitrogens with two attached hydrogens (primary N) is 2. The fraction of sp³-hybridized carbons (Fsp3) is 0.364. The zero-order valence-corrected chi connectivity index (χ0v) is 8.62. The number of hydrogen-bond donors (Lipinski definition) is 2. The molecular weight excluding hydrogens is 193 g/mol. The monoisotopic (exact) mass is 209 g/mol. The van der Waals surface area contributed by atoms with E-state index in [1.54, 1.807) is 0 Å². The molecular formula is C11H16FN3. The Morgan fingerprint density at radius 3 is 2.67 bits per heavy atom. The van der Waals surface area contributed by atoms with Crippen LogP contribution in [0.4, 0.5) is 4.39 Å². The molecule has 0 spiro atoms. The van der Waals surface area contributed by atoms with Crippen molar-refractivity contribution in [3.05, 3.63) is 35.4 Å². The molecule has 0 bridgehead atoms. The average Bonchev–Trinajstić information content (AvgIpc) is 2.24. The van der Waals surface area contributed by atoms with Crippen molar-refractivity contribution in [1.82, 2.24) is 0 Å². The van der Waals surface area contributed by atoms with E-state index in [1.807, 2.05) is 24.3 Å². The molecule has 3 nitrogen and oxygen atoms in total. The van der Waals surface area contributed by atoms with Crippen molar-refractivity contribution in [2.75, 3.05) is 6.67 Å². The molecule has 1 aromatic rings. The molecule has 4 heteroatoms. The summed E-state index contributed by atoms with van der Waals surface area (Å²) >= 11 is 0. The molecule has 0 heterocycles. The second-order valence-corrected chi connectivity index (χ2v) is 3.35. The summed E-state index contributed by atoms with van der Waals surface area (Å²) in [6, 6.07) is 7.87. The number of alkyl halides is 1. The van der Waals surface area contributed by atoms with Crippen LogP contribution in [0.2, 0.25) is 0 Å². The predicted octanol–water partition coefficient (Wildman–Crippen LogP) is 1.36. The van der Waals surface area contributed by atoms with Crippen molar-refractivity contribution in [1.29, 1.82) is 0 Å². The van der Waals surface area contributed by atoms with Gasteiger partial charge in [-0.25, -0.2) is 4.99 Å². The molecule has 0 fully saturated rings. The minimum Gasteiger partial charge on any atom is -0.370 e. The van der Waals surface area contributed by atoms with E-state index in [0.717, 1.165) is 17.5 Å². The van der Waals surface area contributed by atoms with E-state index in [-0.39, 0.29) is 12.6 Å². The number of halogens is 1. The van der Waals surface area contributed by atoms with Gasteiger partial charge in [0, 0.05) is 0 Å². The Morgan fingerprint density at radius 1 is 1.27 bits per heavy atom. The van der Waals surface area contributed by atoms with Crippen molar-refractivity contribution >= 4 is 5.96 Å². The van der Waals surface area contributed by atoms with Crippen LogP contribution in [-0.2, 0) is 13.0 Å². The lowest BCUT2D eigenvalue weighted by Gasteiger charge is -2.02. The average molecular weight is 209 g/mol. The highest BCUT2D eigenvalue weighted by atomic mass is 19.1. The minimum atomic E-state index is -0.280. The van der Waals surface area contributed by atoms with Crippen LogP contribution in [0.5, 0.6) is 0 Å². The van der Waals surface area contributed by atoms with Gasteiger partial charge in [0.05, 0.1) is 13.2 Å². The van der Waals surface area contributed by atoms with E-state index in [4.69, 9.17) is 11.5 Å². The van der Waals surface area contributed by atoms with Gasteiger partial charge in [0.15, 0.2) is 5.96 Å². The first-order valence-electron chi connectivity index (χ1n) is 4.91. The molecule has 1 rings (SSSR count). The van der Waals surface area contributed by atoms with E-state index in [2.05, 4.69) is 4.99 Å². The lowest BCUT2D eigenvalue weighted by molar-refractivity contribution is 0.473. The van der Waals surface area contributed by atoms with Crippen molar-refractivity contribution in [2.45, 2.75) is 19.4 Å². The van der Waals surface area contributed by atoms with Gasteiger partial charge < -0.3 is 11.5 Å². The number of hydrogen-bond acceptors (Lipinski definition) is 1. The Morgan fingerprint density at radius 2 is 2.00 bits per heavy atom. The maximum absolute atomic E-state index is 12.0. The Kier molecular flexibility index (Phi) is 4.60. The molecule has 0 aliphatic heterocycles. The van der Waals surface area contributed by atoms with Crippen LogP contribution < -0.4 is 11.5 Å². The predicted molar refractivity (Wildman–Crippen MR) is 60.3 cm³/mol. The molecule has 0 saturated carbocycles. The lowest BCUT2D eigenvalue weighted by Crippen LogP contribution is -2.22. The summed E-state index contributed by atoms with van der Waals surface area (Å²) in [5.41, 5.74) is 12.6. The smallest absolute Gasteiger partial charge is 0.186 e. The van der Waals surface area contributed by atoms with E-state index in [9.17, 15) is 4.39 Å². The summed E-state index contributed by atoms with van der Waals surface area (Å²) in [4.78, 5) is 3.91. The molecule has 15 heavy (non-hydrogen) atoms. The molecule has 0 atom stereocenters. The Labute approximate surface area is 89.0 Å². The van der Waals surface area contributed by atoms with Gasteiger partial charge in [0.1, 0.15) is 0 Å². The number of aryl methyl sites for hydroxylation is 1. The first-order valence-corrected chi connectivity index (χ1v) is 4.91. The van der Waals surface area contributed by atoms with Crippen LogP contribution in [0, 0.1) is 0 Å². The summed E-state index contributed by atoms with van der Waals surface area (Å²) in [7, 11) is 0. The summed E-state index contributed by atoms with van der Waals surface area (Å²) in [5, 5.41) is 0. The lowest BCUT2D eigenvalue weighted by atomic mass is 10.1. The van der Waals surface area contributed by atoms with E-state index in [1.165, 1.54) is 0 Å². The second kappa shape index (κ2) is 6.01. The molecule has 0 saturated heterocycles. The van der Waals surface area contributed by atoms with Gasteiger partial charge in [-0.05, 0) is 24.0 Å². The third-order valence-corrected chi connectivity index (χ3v) is 2.03. The van der Waals surface area contributed by atoms with Crippen LogP contribution in [0.1, 0.15) is 17.5 Å². The van der Waals surface area contributed by atoms with Gasteiger partial charge in [-0.2, -0.15) is 0 Å². The zero-order chi connectivity index (χ0) is 11.1. The van der Waals surface area contributed by atoms with Crippen molar-refractivity contribution in [3.63, 3.8) is 0 Å². The highest BCUT2D eigenvalue weighted by molar-refractivity contribution is 5.75. The van der Waals surface area contributed by atoms with Crippen LogP contribution in [0.15, 0.2) is 29.3 Å². The normalized spacial score (nSPS) is 9.93. The van der Waals surface area contributed by atoms with Gasteiger partial charge in [0.2, 0.25) is 0 Å². The Bertz CT molecular complexity index is 332. The van der Waals surface area contributed by atoms with Gasteiger partial charge >= 0.3 is 0 Å². The molecule has 1 aromatic carbocycles. The fourth-order valence-corrected chi connectivity index (χ4v) is 1.34. The van der Waals surface area contributed by atoms with Gasteiger partial charge in [-0.1, -0.05) is 24.3 Å². The topological polar surface area (TPSA) is 64.4 Å². The zero-order valence-electron chi connectivity index (χ0n) is 8.62. The third-order valence-electron chi connectivity index (χ3n) is 2.03.